The summed E-state index contributed by atoms with van der Waals surface area (Å²) in [5.74, 6) is 2.01. The normalized spacial score (nSPS) is 9.91. The van der Waals surface area contributed by atoms with Crippen molar-refractivity contribution in [1.29, 1.82) is 0 Å². The first-order chi connectivity index (χ1) is 10.1. The van der Waals surface area contributed by atoms with Gasteiger partial charge in [-0.2, -0.15) is 9.55 Å². The predicted octanol–water partition coefficient (Wildman–Crippen LogP) is -2.27. The van der Waals surface area contributed by atoms with Crippen LogP contribution >= 0.6 is 11.8 Å². The molecule has 2 rings (SSSR count). The molecule has 118 valence electrons. The van der Waals surface area contributed by atoms with E-state index in [2.05, 4.69) is 15.0 Å². The van der Waals surface area contributed by atoms with Gasteiger partial charge < -0.3 is 21.9 Å². The molecule has 0 N–H and O–H groups in total. The molecule has 0 fully saturated rings. The minimum atomic E-state index is 0. The van der Waals surface area contributed by atoms with Crippen molar-refractivity contribution in [2.45, 2.75) is 13.0 Å². The maximum absolute atomic E-state index is 11.9. The molecule has 0 atom stereocenters. The van der Waals surface area contributed by atoms with Gasteiger partial charge in [0.2, 0.25) is 12.5 Å². The standard InChI is InChI=1S/C14H18N5OS.BrH/c1-18(2)14-16-11-15-12(17-14)6-9-21-13(20)10-19-7-4-3-5-8-19;/h3-5,7-8,11H,6,9-10H2,1-2H3;1H/q+1;/p-1. The van der Waals surface area contributed by atoms with E-state index in [1.807, 2.05) is 54.2 Å². The highest BCUT2D eigenvalue weighted by Crippen LogP contribution is 2.07. The molecule has 0 amide bonds. The largest absolute Gasteiger partial charge is 1.00 e. The van der Waals surface area contributed by atoms with E-state index in [0.717, 1.165) is 0 Å². The van der Waals surface area contributed by atoms with Crippen LogP contribution in [0, 0.1) is 0 Å². The third-order valence-electron chi connectivity index (χ3n) is 2.69. The fourth-order valence-corrected chi connectivity index (χ4v) is 2.40. The Kier molecular flexibility index (Phi) is 7.97. The molecular weight excluding hydrogens is 366 g/mol. The van der Waals surface area contributed by atoms with Gasteiger partial charge >= 0.3 is 0 Å². The second-order valence-electron chi connectivity index (χ2n) is 4.61. The van der Waals surface area contributed by atoms with Crippen molar-refractivity contribution in [2.75, 3.05) is 24.7 Å². The number of hydrogen-bond acceptors (Lipinski definition) is 6. The lowest BCUT2D eigenvalue weighted by Gasteiger charge is -2.09. The Morgan fingerprint density at radius 2 is 1.95 bits per heavy atom. The van der Waals surface area contributed by atoms with Gasteiger partial charge in [-0.1, -0.05) is 17.8 Å². The van der Waals surface area contributed by atoms with Crippen molar-refractivity contribution >= 4 is 22.8 Å². The van der Waals surface area contributed by atoms with E-state index in [4.69, 9.17) is 0 Å². The topological polar surface area (TPSA) is 62.9 Å². The summed E-state index contributed by atoms with van der Waals surface area (Å²) in [6.07, 6.45) is 5.92. The Bertz CT molecular complexity index is 597. The zero-order valence-corrected chi connectivity index (χ0v) is 14.9. The Morgan fingerprint density at radius 3 is 2.64 bits per heavy atom. The molecule has 2 aromatic heterocycles. The third-order valence-corrected chi connectivity index (χ3v) is 3.55. The molecule has 0 bridgehead atoms. The molecule has 8 heteroatoms. The summed E-state index contributed by atoms with van der Waals surface area (Å²) in [4.78, 5) is 26.2. The van der Waals surface area contributed by atoms with Crippen molar-refractivity contribution in [3.63, 3.8) is 0 Å². The second kappa shape index (κ2) is 9.47. The van der Waals surface area contributed by atoms with Crippen LogP contribution in [-0.2, 0) is 17.8 Å². The average molecular weight is 384 g/mol. The van der Waals surface area contributed by atoms with Crippen LogP contribution in [0.4, 0.5) is 5.95 Å². The number of aromatic nitrogens is 4. The lowest BCUT2D eigenvalue weighted by atomic mass is 10.4. The highest BCUT2D eigenvalue weighted by molar-refractivity contribution is 8.13. The van der Waals surface area contributed by atoms with Gasteiger partial charge in [0, 0.05) is 38.4 Å². The minimum absolute atomic E-state index is 0. The molecule has 2 heterocycles. The first-order valence-corrected chi connectivity index (χ1v) is 7.58. The molecule has 0 aliphatic heterocycles. The number of nitrogens with zero attached hydrogens (tertiary/aromatic N) is 5. The molecule has 0 aromatic carbocycles. The SMILES string of the molecule is CN(C)c1ncnc(CCSC(=O)C[n+]2ccccc2)n1.[Br-]. The fraction of sp³-hybridized carbons (Fsp3) is 0.357. The van der Waals surface area contributed by atoms with Crippen LogP contribution in [0.2, 0.25) is 0 Å². The third kappa shape index (κ3) is 6.07. The van der Waals surface area contributed by atoms with Crippen molar-refractivity contribution in [2.24, 2.45) is 0 Å². The molecule has 0 saturated carbocycles. The van der Waals surface area contributed by atoms with Crippen LogP contribution in [0.15, 0.2) is 36.9 Å². The molecule has 0 aliphatic rings. The van der Waals surface area contributed by atoms with Crippen LogP contribution in [0.3, 0.4) is 0 Å². The van der Waals surface area contributed by atoms with Gasteiger partial charge in [-0.05, 0) is 0 Å². The van der Waals surface area contributed by atoms with Gasteiger partial charge in [0.1, 0.15) is 12.2 Å². The van der Waals surface area contributed by atoms with E-state index < -0.39 is 0 Å². The monoisotopic (exact) mass is 383 g/mol. The lowest BCUT2D eigenvalue weighted by Crippen LogP contribution is -3.00. The number of thioether (sulfide) groups is 1. The first-order valence-electron chi connectivity index (χ1n) is 6.60. The maximum atomic E-state index is 11.9. The van der Waals surface area contributed by atoms with Gasteiger partial charge in [0.05, 0.1) is 0 Å². The zero-order chi connectivity index (χ0) is 15.1. The highest BCUT2D eigenvalue weighted by atomic mass is 79.9. The Morgan fingerprint density at radius 1 is 1.23 bits per heavy atom. The molecule has 0 spiro atoms. The Balaban J connectivity index is 0.00000242. The number of carbonyl (C=O) groups is 1. The van der Waals surface area contributed by atoms with Crippen molar-refractivity contribution in [3.05, 3.63) is 42.7 Å². The number of rotatable bonds is 6. The van der Waals surface area contributed by atoms with Gasteiger partial charge in [0.25, 0.3) is 5.12 Å². The van der Waals surface area contributed by atoms with Crippen molar-refractivity contribution in [3.8, 4) is 0 Å². The molecule has 0 unspecified atom stereocenters. The van der Waals surface area contributed by atoms with Crippen LogP contribution in [0.5, 0.6) is 0 Å². The first kappa shape index (κ1) is 18.5. The van der Waals surface area contributed by atoms with Crippen molar-refractivity contribution < 1.29 is 26.3 Å². The van der Waals surface area contributed by atoms with Crippen molar-refractivity contribution in [1.82, 2.24) is 15.0 Å². The molecular formula is C14H18BrN5OS. The predicted molar refractivity (Wildman–Crippen MR) is 82.0 cm³/mol. The number of aryl methyl sites for hydroxylation is 1. The van der Waals surface area contributed by atoms with Crippen LogP contribution in [0.25, 0.3) is 0 Å². The maximum Gasteiger partial charge on any atom is 0.253 e. The summed E-state index contributed by atoms with van der Waals surface area (Å²) in [6, 6.07) is 5.74. The lowest BCUT2D eigenvalue weighted by molar-refractivity contribution is -0.683. The summed E-state index contributed by atoms with van der Waals surface area (Å²) >= 11 is 1.31. The van der Waals surface area contributed by atoms with Gasteiger partial charge in [-0.25, -0.2) is 9.97 Å². The number of hydrogen-bond donors (Lipinski definition) is 0. The number of pyridine rings is 1. The summed E-state index contributed by atoms with van der Waals surface area (Å²) < 4.78 is 1.86. The van der Waals surface area contributed by atoms with E-state index in [9.17, 15) is 4.79 Å². The fourth-order valence-electron chi connectivity index (χ4n) is 1.65. The highest BCUT2D eigenvalue weighted by Gasteiger charge is 2.10. The summed E-state index contributed by atoms with van der Waals surface area (Å²) in [7, 11) is 3.77. The quantitative estimate of drug-likeness (QED) is 0.524. The summed E-state index contributed by atoms with van der Waals surface area (Å²) in [5.41, 5.74) is 0. The minimum Gasteiger partial charge on any atom is -1.00 e. The molecule has 0 aliphatic carbocycles. The van der Waals surface area contributed by atoms with E-state index in [0.29, 0.717) is 30.5 Å². The number of halogens is 1. The number of carbonyl (C=O) groups excluding carboxylic acids is 1. The average Bonchev–Trinajstić information content (AvgIpc) is 2.48. The summed E-state index contributed by atoms with van der Waals surface area (Å²) in [6.45, 7) is 0.381. The van der Waals surface area contributed by atoms with Crippen LogP contribution in [-0.4, -0.2) is 39.9 Å². The smallest absolute Gasteiger partial charge is 0.253 e. The Labute approximate surface area is 144 Å². The molecule has 0 radical (unpaired) electrons. The van der Waals surface area contributed by atoms with E-state index in [-0.39, 0.29) is 22.1 Å². The second-order valence-corrected chi connectivity index (χ2v) is 5.77. The van der Waals surface area contributed by atoms with Crippen LogP contribution < -0.4 is 26.4 Å². The van der Waals surface area contributed by atoms with Gasteiger partial charge in [0.15, 0.2) is 12.4 Å². The van der Waals surface area contributed by atoms with Gasteiger partial charge in [-0.15, -0.1) is 0 Å². The van der Waals surface area contributed by atoms with E-state index >= 15 is 0 Å². The van der Waals surface area contributed by atoms with E-state index in [1.165, 1.54) is 18.1 Å². The zero-order valence-electron chi connectivity index (χ0n) is 12.5. The molecule has 22 heavy (non-hydrogen) atoms. The molecule has 6 nitrogen and oxygen atoms in total. The molecule has 0 saturated heterocycles. The summed E-state index contributed by atoms with van der Waals surface area (Å²) in [5, 5.41) is 0.132. The van der Waals surface area contributed by atoms with Crippen LogP contribution in [0.1, 0.15) is 5.82 Å². The molecule has 2 aromatic rings. The number of anilines is 1. The van der Waals surface area contributed by atoms with Gasteiger partial charge in [-0.3, -0.25) is 4.79 Å². The van der Waals surface area contributed by atoms with E-state index in [1.54, 1.807) is 0 Å². The Hall–Kier alpha value is -1.54.